The van der Waals surface area contributed by atoms with Crippen LogP contribution in [0, 0.1) is 6.92 Å². The van der Waals surface area contributed by atoms with E-state index in [-0.39, 0.29) is 5.91 Å². The molecular formula is C21H26N2O2S. The number of nitrogens with one attached hydrogen (secondary N) is 1. The molecule has 0 aliphatic rings. The maximum Gasteiger partial charge on any atom is 0.250 e. The van der Waals surface area contributed by atoms with E-state index in [9.17, 15) is 4.79 Å². The van der Waals surface area contributed by atoms with Crippen LogP contribution >= 0.6 is 11.8 Å². The van der Waals surface area contributed by atoms with E-state index >= 15 is 0 Å². The van der Waals surface area contributed by atoms with E-state index in [0.29, 0.717) is 5.75 Å². The molecule has 4 nitrogen and oxygen atoms in total. The highest BCUT2D eigenvalue weighted by molar-refractivity contribution is 7.99. The number of thioether (sulfide) groups is 1. The van der Waals surface area contributed by atoms with Gasteiger partial charge >= 0.3 is 0 Å². The molecule has 0 radical (unpaired) electrons. The first-order chi connectivity index (χ1) is 12.7. The molecule has 0 atom stereocenters. The van der Waals surface area contributed by atoms with Crippen LogP contribution in [0.2, 0.25) is 0 Å². The van der Waals surface area contributed by atoms with Gasteiger partial charge in [0.25, 0.3) is 0 Å². The maximum absolute atomic E-state index is 11.8. The highest BCUT2D eigenvalue weighted by Gasteiger charge is 2.02. The minimum absolute atomic E-state index is 0.0978. The summed E-state index contributed by atoms with van der Waals surface area (Å²) in [6, 6.07) is 15.9. The fourth-order valence-electron chi connectivity index (χ4n) is 2.22. The van der Waals surface area contributed by atoms with Gasteiger partial charge in [-0.2, -0.15) is 5.10 Å². The van der Waals surface area contributed by atoms with Gasteiger partial charge in [-0.25, -0.2) is 5.43 Å². The number of hydrogen-bond acceptors (Lipinski definition) is 4. The average Bonchev–Trinajstić information content (AvgIpc) is 2.65. The van der Waals surface area contributed by atoms with Gasteiger partial charge < -0.3 is 4.74 Å². The van der Waals surface area contributed by atoms with Gasteiger partial charge in [-0.3, -0.25) is 4.79 Å². The molecule has 0 unspecified atom stereocenters. The lowest BCUT2D eigenvalue weighted by Gasteiger charge is -2.05. The van der Waals surface area contributed by atoms with Crippen LogP contribution in [-0.4, -0.2) is 24.5 Å². The van der Waals surface area contributed by atoms with Crippen molar-refractivity contribution in [1.29, 1.82) is 0 Å². The fraction of sp³-hybridized carbons (Fsp3) is 0.333. The molecule has 0 saturated carbocycles. The summed E-state index contributed by atoms with van der Waals surface area (Å²) in [6.45, 7) is 4.96. The number of rotatable bonds is 10. The van der Waals surface area contributed by atoms with Crippen molar-refractivity contribution in [3.63, 3.8) is 0 Å². The van der Waals surface area contributed by atoms with Crippen molar-refractivity contribution in [2.75, 3.05) is 12.4 Å². The molecule has 26 heavy (non-hydrogen) atoms. The van der Waals surface area contributed by atoms with Crippen LogP contribution in [0.15, 0.2) is 53.6 Å². The molecule has 1 amide bonds. The van der Waals surface area contributed by atoms with Gasteiger partial charge in [0.15, 0.2) is 0 Å². The zero-order chi connectivity index (χ0) is 18.6. The van der Waals surface area contributed by atoms with Crippen molar-refractivity contribution in [1.82, 2.24) is 5.43 Å². The van der Waals surface area contributed by atoms with Gasteiger partial charge in [0.2, 0.25) is 5.91 Å². The molecule has 0 saturated heterocycles. The Morgan fingerprint density at radius 3 is 2.69 bits per heavy atom. The Kier molecular flexibility index (Phi) is 8.76. The molecule has 2 rings (SSSR count). The lowest BCUT2D eigenvalue weighted by atomic mass is 10.1. The number of amides is 1. The number of hydrazone groups is 1. The Labute approximate surface area is 160 Å². The van der Waals surface area contributed by atoms with E-state index in [1.165, 1.54) is 11.1 Å². The minimum Gasteiger partial charge on any atom is -0.494 e. The Morgan fingerprint density at radius 1 is 1.19 bits per heavy atom. The van der Waals surface area contributed by atoms with Crippen LogP contribution in [-0.2, 0) is 10.5 Å². The lowest BCUT2D eigenvalue weighted by Crippen LogP contribution is -2.19. The van der Waals surface area contributed by atoms with Gasteiger partial charge in [-0.1, -0.05) is 37.6 Å². The standard InChI is InChI=1S/C21H26N2O2S/c1-3-4-13-25-20-11-9-18(10-12-20)14-22-23-21(24)16-26-15-19-8-6-5-7-17(19)2/h5-12,14H,3-4,13,15-16H2,1-2H3,(H,23,24)/b22-14-. The summed E-state index contributed by atoms with van der Waals surface area (Å²) in [5.41, 5.74) is 5.99. The Balaban J connectivity index is 1.68. The smallest absolute Gasteiger partial charge is 0.250 e. The largest absolute Gasteiger partial charge is 0.494 e. The molecule has 138 valence electrons. The summed E-state index contributed by atoms with van der Waals surface area (Å²) in [4.78, 5) is 11.8. The third-order valence-electron chi connectivity index (χ3n) is 3.80. The predicted octanol–water partition coefficient (Wildman–Crippen LogP) is 4.56. The normalized spacial score (nSPS) is 10.8. The van der Waals surface area contributed by atoms with Gasteiger partial charge in [0.05, 0.1) is 18.6 Å². The molecule has 0 aromatic heterocycles. The molecule has 0 fully saturated rings. The predicted molar refractivity (Wildman–Crippen MR) is 110 cm³/mol. The van der Waals surface area contributed by atoms with E-state index in [4.69, 9.17) is 4.74 Å². The number of carbonyl (C=O) groups is 1. The molecule has 0 heterocycles. The highest BCUT2D eigenvalue weighted by atomic mass is 32.2. The summed E-state index contributed by atoms with van der Waals surface area (Å²) in [7, 11) is 0. The Morgan fingerprint density at radius 2 is 1.96 bits per heavy atom. The second-order valence-corrected chi connectivity index (χ2v) is 6.97. The third kappa shape index (κ3) is 7.31. The van der Waals surface area contributed by atoms with Crippen LogP contribution in [0.1, 0.15) is 36.5 Å². The minimum atomic E-state index is -0.0978. The quantitative estimate of drug-likeness (QED) is 0.379. The molecule has 1 N–H and O–H groups in total. The second-order valence-electron chi connectivity index (χ2n) is 5.98. The van der Waals surface area contributed by atoms with Crippen LogP contribution < -0.4 is 10.2 Å². The summed E-state index contributed by atoms with van der Waals surface area (Å²) in [6.07, 6.45) is 3.81. The van der Waals surface area contributed by atoms with Crippen molar-refractivity contribution in [2.45, 2.75) is 32.4 Å². The number of aryl methyl sites for hydroxylation is 1. The van der Waals surface area contributed by atoms with Crippen LogP contribution in [0.5, 0.6) is 5.75 Å². The second kappa shape index (κ2) is 11.4. The Hall–Kier alpha value is -2.27. The van der Waals surface area contributed by atoms with Crippen molar-refractivity contribution < 1.29 is 9.53 Å². The maximum atomic E-state index is 11.8. The summed E-state index contributed by atoms with van der Waals surface area (Å²) in [5.74, 6) is 1.96. The third-order valence-corrected chi connectivity index (χ3v) is 4.78. The summed E-state index contributed by atoms with van der Waals surface area (Å²) < 4.78 is 5.62. The molecule has 0 spiro atoms. The molecule has 0 bridgehead atoms. The molecule has 5 heteroatoms. The van der Waals surface area contributed by atoms with E-state index in [1.54, 1.807) is 18.0 Å². The monoisotopic (exact) mass is 370 g/mol. The molecule has 2 aromatic rings. The van der Waals surface area contributed by atoms with Gasteiger partial charge in [-0.05, 0) is 54.3 Å². The van der Waals surface area contributed by atoms with Crippen molar-refractivity contribution >= 4 is 23.9 Å². The van der Waals surface area contributed by atoms with Gasteiger partial charge in [0, 0.05) is 5.75 Å². The van der Waals surface area contributed by atoms with Crippen molar-refractivity contribution in [3.05, 3.63) is 65.2 Å². The number of benzene rings is 2. The number of unbranched alkanes of at least 4 members (excludes halogenated alkanes) is 1. The SMILES string of the molecule is CCCCOc1ccc(/C=N\NC(=O)CSCc2ccccc2C)cc1. The van der Waals surface area contributed by atoms with Crippen molar-refractivity contribution in [2.24, 2.45) is 5.10 Å². The number of ether oxygens (including phenoxy) is 1. The van der Waals surface area contributed by atoms with Gasteiger partial charge in [-0.15, -0.1) is 11.8 Å². The first-order valence-corrected chi connectivity index (χ1v) is 10.0. The van der Waals surface area contributed by atoms with E-state index in [1.807, 2.05) is 36.4 Å². The zero-order valence-electron chi connectivity index (χ0n) is 15.4. The summed E-state index contributed by atoms with van der Waals surface area (Å²) in [5, 5.41) is 4.01. The Bertz CT molecular complexity index is 714. The fourth-order valence-corrected chi connectivity index (χ4v) is 3.12. The number of carbonyl (C=O) groups excluding carboxylic acids is 1. The van der Waals surface area contributed by atoms with E-state index < -0.39 is 0 Å². The van der Waals surface area contributed by atoms with E-state index in [2.05, 4.69) is 36.5 Å². The first kappa shape index (κ1) is 20.0. The highest BCUT2D eigenvalue weighted by Crippen LogP contribution is 2.15. The zero-order valence-corrected chi connectivity index (χ0v) is 16.2. The van der Waals surface area contributed by atoms with Gasteiger partial charge in [0.1, 0.15) is 5.75 Å². The average molecular weight is 371 g/mol. The van der Waals surface area contributed by atoms with E-state index in [0.717, 1.165) is 36.5 Å². The van der Waals surface area contributed by atoms with Crippen LogP contribution in [0.25, 0.3) is 0 Å². The number of nitrogens with zero attached hydrogens (tertiary/aromatic N) is 1. The van der Waals surface area contributed by atoms with Crippen molar-refractivity contribution in [3.8, 4) is 5.75 Å². The lowest BCUT2D eigenvalue weighted by molar-refractivity contribution is -0.118. The first-order valence-electron chi connectivity index (χ1n) is 8.86. The summed E-state index contributed by atoms with van der Waals surface area (Å²) >= 11 is 1.58. The molecule has 0 aliphatic heterocycles. The molecular weight excluding hydrogens is 344 g/mol. The molecule has 2 aromatic carbocycles. The van der Waals surface area contributed by atoms with Crippen LogP contribution in [0.3, 0.4) is 0 Å². The molecule has 0 aliphatic carbocycles. The van der Waals surface area contributed by atoms with Crippen LogP contribution in [0.4, 0.5) is 0 Å². The number of hydrogen-bond donors (Lipinski definition) is 1. The topological polar surface area (TPSA) is 50.7 Å².